The van der Waals surface area contributed by atoms with Crippen LogP contribution in [0.5, 0.6) is 0 Å². The molecule has 8 nitrogen and oxygen atoms in total. The van der Waals surface area contributed by atoms with E-state index in [1.807, 2.05) is 16.8 Å². The number of likely N-dealkylation sites (tertiary alicyclic amines) is 1. The van der Waals surface area contributed by atoms with Gasteiger partial charge in [-0.2, -0.15) is 0 Å². The van der Waals surface area contributed by atoms with Crippen LogP contribution in [-0.4, -0.2) is 95.9 Å². The fourth-order valence-electron chi connectivity index (χ4n) is 4.79. The van der Waals surface area contributed by atoms with Crippen LogP contribution in [-0.2, 0) is 4.79 Å². The Bertz CT molecular complexity index is 742. The Balaban J connectivity index is 1.36. The first-order valence-electron chi connectivity index (χ1n) is 10.8. The van der Waals surface area contributed by atoms with E-state index in [1.165, 1.54) is 12.8 Å². The van der Waals surface area contributed by atoms with Crippen LogP contribution in [0.3, 0.4) is 0 Å². The van der Waals surface area contributed by atoms with Crippen molar-refractivity contribution in [2.45, 2.75) is 38.1 Å². The third-order valence-corrected chi connectivity index (χ3v) is 6.56. The molecule has 1 aromatic rings. The van der Waals surface area contributed by atoms with Crippen molar-refractivity contribution in [1.29, 1.82) is 0 Å². The highest BCUT2D eigenvalue weighted by Gasteiger charge is 2.36. The van der Waals surface area contributed by atoms with Crippen molar-refractivity contribution in [3.05, 3.63) is 18.1 Å². The summed E-state index contributed by atoms with van der Waals surface area (Å²) in [5.41, 5.74) is 0.397. The van der Waals surface area contributed by atoms with Crippen LogP contribution in [0.2, 0.25) is 0 Å². The first-order valence-corrected chi connectivity index (χ1v) is 10.8. The van der Waals surface area contributed by atoms with Crippen molar-refractivity contribution in [3.63, 3.8) is 0 Å². The molecule has 0 spiro atoms. The van der Waals surface area contributed by atoms with Crippen molar-refractivity contribution >= 4 is 17.6 Å². The molecule has 0 aromatic carbocycles. The molecule has 3 heterocycles. The maximum Gasteiger partial charge on any atom is 0.274 e. The monoisotopic (exact) mass is 400 g/mol. The average molecular weight is 401 g/mol. The summed E-state index contributed by atoms with van der Waals surface area (Å²) in [7, 11) is 4.04. The molecule has 1 saturated carbocycles. The summed E-state index contributed by atoms with van der Waals surface area (Å²) in [6.07, 6.45) is 8.64. The molecule has 1 aromatic heterocycles. The van der Waals surface area contributed by atoms with Gasteiger partial charge in [-0.3, -0.25) is 14.6 Å². The summed E-state index contributed by atoms with van der Waals surface area (Å²) in [6.45, 7) is 4.78. The predicted molar refractivity (Wildman–Crippen MR) is 111 cm³/mol. The lowest BCUT2D eigenvalue weighted by molar-refractivity contribution is -0.129. The molecule has 3 aliphatic rings. The zero-order valence-corrected chi connectivity index (χ0v) is 17.6. The van der Waals surface area contributed by atoms with Crippen LogP contribution in [0.1, 0.15) is 42.6 Å². The van der Waals surface area contributed by atoms with Crippen LogP contribution in [0.15, 0.2) is 12.4 Å². The second kappa shape index (κ2) is 8.65. The third kappa shape index (κ3) is 4.52. The van der Waals surface area contributed by atoms with Crippen molar-refractivity contribution in [1.82, 2.24) is 24.7 Å². The zero-order chi connectivity index (χ0) is 20.4. The zero-order valence-electron chi connectivity index (χ0n) is 17.6. The molecule has 0 N–H and O–H groups in total. The van der Waals surface area contributed by atoms with Crippen LogP contribution < -0.4 is 4.90 Å². The van der Waals surface area contributed by atoms with E-state index in [1.54, 1.807) is 12.4 Å². The molecule has 8 heteroatoms. The Kier molecular flexibility index (Phi) is 5.99. The summed E-state index contributed by atoms with van der Waals surface area (Å²) >= 11 is 0. The lowest BCUT2D eigenvalue weighted by Gasteiger charge is -2.32. The number of hydrogen-bond donors (Lipinski definition) is 0. The minimum Gasteiger partial charge on any atom is -0.358 e. The van der Waals surface area contributed by atoms with Crippen molar-refractivity contribution in [2.24, 2.45) is 5.92 Å². The van der Waals surface area contributed by atoms with Gasteiger partial charge in [-0.25, -0.2) is 4.98 Å². The Morgan fingerprint density at radius 1 is 1.17 bits per heavy atom. The number of carbonyl (C=O) groups is 2. The van der Waals surface area contributed by atoms with Gasteiger partial charge in [0, 0.05) is 64.7 Å². The Hall–Kier alpha value is -2.22. The van der Waals surface area contributed by atoms with Crippen molar-refractivity contribution in [3.8, 4) is 0 Å². The van der Waals surface area contributed by atoms with Gasteiger partial charge in [-0.1, -0.05) is 12.8 Å². The van der Waals surface area contributed by atoms with Gasteiger partial charge in [0.2, 0.25) is 5.91 Å². The van der Waals surface area contributed by atoms with Gasteiger partial charge in [0.25, 0.3) is 5.91 Å². The van der Waals surface area contributed by atoms with Gasteiger partial charge in [-0.05, 0) is 19.9 Å². The van der Waals surface area contributed by atoms with E-state index >= 15 is 0 Å². The number of aromatic nitrogens is 2. The summed E-state index contributed by atoms with van der Waals surface area (Å²) in [6, 6.07) is 0.446. The van der Waals surface area contributed by atoms with E-state index in [4.69, 9.17) is 0 Å². The number of carbonyl (C=O) groups excluding carboxylic acids is 2. The highest BCUT2D eigenvalue weighted by atomic mass is 16.2. The van der Waals surface area contributed by atoms with Gasteiger partial charge >= 0.3 is 0 Å². The number of likely N-dealkylation sites (N-methyl/N-ethyl adjacent to an activating group) is 1. The number of piperazine rings is 1. The number of amides is 2. The topological polar surface area (TPSA) is 72.9 Å². The van der Waals surface area contributed by atoms with Crippen LogP contribution in [0.4, 0.5) is 5.82 Å². The first kappa shape index (κ1) is 20.1. The molecule has 158 valence electrons. The fraction of sp³-hybridized carbons (Fsp3) is 0.714. The molecule has 3 fully saturated rings. The molecule has 1 unspecified atom stereocenters. The highest BCUT2D eigenvalue weighted by Crippen LogP contribution is 2.30. The normalized spacial score (nSPS) is 23.8. The fourth-order valence-corrected chi connectivity index (χ4v) is 4.79. The maximum atomic E-state index is 12.8. The van der Waals surface area contributed by atoms with Crippen molar-refractivity contribution < 1.29 is 9.59 Å². The third-order valence-electron chi connectivity index (χ3n) is 6.56. The summed E-state index contributed by atoms with van der Waals surface area (Å²) < 4.78 is 0. The lowest BCUT2D eigenvalue weighted by Crippen LogP contribution is -2.47. The number of anilines is 1. The van der Waals surface area contributed by atoms with Crippen molar-refractivity contribution in [2.75, 3.05) is 58.3 Å². The summed E-state index contributed by atoms with van der Waals surface area (Å²) in [5, 5.41) is 0. The Morgan fingerprint density at radius 3 is 2.62 bits per heavy atom. The first-order chi connectivity index (χ1) is 14.0. The molecule has 4 rings (SSSR count). The van der Waals surface area contributed by atoms with Crippen LogP contribution >= 0.6 is 0 Å². The molecular formula is C21H32N6O2. The highest BCUT2D eigenvalue weighted by molar-refractivity contribution is 5.92. The lowest BCUT2D eigenvalue weighted by atomic mass is 10.1. The van der Waals surface area contributed by atoms with E-state index in [9.17, 15) is 9.59 Å². The second-order valence-electron chi connectivity index (χ2n) is 8.79. The molecular weight excluding hydrogens is 368 g/mol. The van der Waals surface area contributed by atoms with E-state index in [-0.39, 0.29) is 5.91 Å². The summed E-state index contributed by atoms with van der Waals surface area (Å²) in [5.74, 6) is 1.23. The van der Waals surface area contributed by atoms with Gasteiger partial charge in [0.05, 0.1) is 12.4 Å². The van der Waals surface area contributed by atoms with E-state index < -0.39 is 0 Å². The predicted octanol–water partition coefficient (Wildman–Crippen LogP) is 1.09. The smallest absolute Gasteiger partial charge is 0.274 e. The van der Waals surface area contributed by atoms with Gasteiger partial charge in [-0.15, -0.1) is 0 Å². The number of hydrogen-bond acceptors (Lipinski definition) is 6. The SMILES string of the molecule is CN1CCN(C(=O)c2cncc(N(C)CC3CC(=O)N(C4CCCC4)C3)n2)CC1. The largest absolute Gasteiger partial charge is 0.358 e. The second-order valence-corrected chi connectivity index (χ2v) is 8.79. The van der Waals surface area contributed by atoms with Gasteiger partial charge in [0.15, 0.2) is 0 Å². The number of rotatable bonds is 5. The average Bonchev–Trinajstić information content (AvgIpc) is 3.37. The summed E-state index contributed by atoms with van der Waals surface area (Å²) in [4.78, 5) is 42.3. The van der Waals surface area contributed by atoms with E-state index in [0.717, 1.165) is 52.1 Å². The van der Waals surface area contributed by atoms with E-state index in [2.05, 4.69) is 26.8 Å². The molecule has 1 aliphatic carbocycles. The van der Waals surface area contributed by atoms with Crippen LogP contribution in [0.25, 0.3) is 0 Å². The molecule has 2 saturated heterocycles. The van der Waals surface area contributed by atoms with Crippen LogP contribution in [0, 0.1) is 5.92 Å². The molecule has 1 atom stereocenters. The maximum absolute atomic E-state index is 12.8. The molecule has 29 heavy (non-hydrogen) atoms. The van der Waals surface area contributed by atoms with E-state index in [0.29, 0.717) is 35.8 Å². The Morgan fingerprint density at radius 2 is 1.90 bits per heavy atom. The molecule has 2 amide bonds. The quantitative estimate of drug-likeness (QED) is 0.737. The van der Waals surface area contributed by atoms with Gasteiger partial charge in [0.1, 0.15) is 11.5 Å². The minimum absolute atomic E-state index is 0.0516. The standard InChI is InChI=1S/C21H32N6O2/c1-24-7-9-26(10-8-24)21(29)18-12-22-13-19(23-18)25(2)14-16-11-20(28)27(15-16)17-5-3-4-6-17/h12-13,16-17H,3-11,14-15H2,1-2H3. The minimum atomic E-state index is -0.0516. The Labute approximate surface area is 172 Å². The molecule has 0 bridgehead atoms. The molecule has 2 aliphatic heterocycles. The number of nitrogens with zero attached hydrogens (tertiary/aromatic N) is 6. The van der Waals surface area contributed by atoms with Gasteiger partial charge < -0.3 is 19.6 Å². The molecule has 0 radical (unpaired) electrons.